The average Bonchev–Trinajstić information content (AvgIpc) is 2.79. The molecule has 1 heterocycles. The van der Waals surface area contributed by atoms with Gasteiger partial charge in [-0.3, -0.25) is 9.59 Å². The number of hydrogen-bond donors (Lipinski definition) is 2. The Labute approximate surface area is 135 Å². The van der Waals surface area contributed by atoms with Crippen molar-refractivity contribution in [1.82, 2.24) is 9.88 Å². The van der Waals surface area contributed by atoms with Crippen LogP contribution in [0.1, 0.15) is 36.8 Å². The van der Waals surface area contributed by atoms with E-state index < -0.39 is 12.0 Å². The summed E-state index contributed by atoms with van der Waals surface area (Å²) >= 11 is 0. The van der Waals surface area contributed by atoms with Crippen LogP contribution in [0.15, 0.2) is 18.2 Å². The molecule has 1 aromatic carbocycles. The summed E-state index contributed by atoms with van der Waals surface area (Å²) in [7, 11) is 0. The number of aryl methyl sites for hydroxylation is 2. The van der Waals surface area contributed by atoms with Gasteiger partial charge in [-0.25, -0.2) is 0 Å². The number of aromatic nitrogens is 1. The molecule has 2 rings (SSSR count). The molecule has 1 unspecified atom stereocenters. The van der Waals surface area contributed by atoms with Crippen molar-refractivity contribution in [2.24, 2.45) is 0 Å². The second kappa shape index (κ2) is 6.73. The molecule has 6 heteroatoms. The molecule has 0 aliphatic heterocycles. The Balaban J connectivity index is 2.52. The molecule has 1 aromatic heterocycles. The maximum Gasteiger partial charge on any atom is 0.325 e. The molecule has 2 N–H and O–H groups in total. The molecule has 0 saturated heterocycles. The second-order valence-electron chi connectivity index (χ2n) is 5.36. The van der Waals surface area contributed by atoms with E-state index in [0.717, 1.165) is 22.2 Å². The van der Waals surface area contributed by atoms with E-state index in [9.17, 15) is 9.59 Å². The van der Waals surface area contributed by atoms with E-state index in [-0.39, 0.29) is 5.91 Å². The molecular weight excluding hydrogens is 296 g/mol. The van der Waals surface area contributed by atoms with Crippen molar-refractivity contribution < 1.29 is 19.4 Å². The van der Waals surface area contributed by atoms with Crippen molar-refractivity contribution in [3.05, 3.63) is 29.5 Å². The first-order valence-corrected chi connectivity index (χ1v) is 7.70. The Kier molecular flexibility index (Phi) is 4.93. The maximum absolute atomic E-state index is 12.5. The predicted octanol–water partition coefficient (Wildman–Crippen LogP) is 2.57. The number of amides is 1. The van der Waals surface area contributed by atoms with E-state index >= 15 is 0 Å². The third kappa shape index (κ3) is 3.16. The van der Waals surface area contributed by atoms with E-state index in [0.29, 0.717) is 18.8 Å². The number of benzene rings is 1. The highest BCUT2D eigenvalue weighted by Crippen LogP contribution is 2.29. The smallest absolute Gasteiger partial charge is 0.325 e. The number of ether oxygens (including phenoxy) is 1. The van der Waals surface area contributed by atoms with Gasteiger partial charge in [0.15, 0.2) is 0 Å². The predicted molar refractivity (Wildman–Crippen MR) is 88.1 cm³/mol. The number of rotatable bonds is 6. The molecule has 0 saturated carbocycles. The minimum Gasteiger partial charge on any atom is -0.494 e. The van der Waals surface area contributed by atoms with E-state index in [4.69, 9.17) is 9.84 Å². The van der Waals surface area contributed by atoms with Crippen LogP contribution in [0.5, 0.6) is 5.75 Å². The van der Waals surface area contributed by atoms with Gasteiger partial charge in [-0.05, 0) is 51.5 Å². The van der Waals surface area contributed by atoms with Gasteiger partial charge in [0.2, 0.25) is 0 Å². The number of fused-ring (bicyclic) bond motifs is 1. The SMILES string of the molecule is CCOc1ccc2c(c1)c(C)c(C(=O)NC(C)C(=O)O)n2CC. The van der Waals surface area contributed by atoms with E-state index in [1.54, 1.807) is 0 Å². The third-order valence-electron chi connectivity index (χ3n) is 3.85. The first-order valence-electron chi connectivity index (χ1n) is 7.70. The topological polar surface area (TPSA) is 80.6 Å². The normalized spacial score (nSPS) is 12.2. The summed E-state index contributed by atoms with van der Waals surface area (Å²) in [5, 5.41) is 12.4. The number of aliphatic carboxylic acids is 1. The molecule has 1 atom stereocenters. The summed E-state index contributed by atoms with van der Waals surface area (Å²) in [4.78, 5) is 23.5. The minimum atomic E-state index is -1.06. The van der Waals surface area contributed by atoms with E-state index in [1.165, 1.54) is 6.92 Å². The van der Waals surface area contributed by atoms with Crippen LogP contribution in [0.25, 0.3) is 10.9 Å². The lowest BCUT2D eigenvalue weighted by atomic mass is 10.1. The number of nitrogens with zero attached hydrogens (tertiary/aromatic N) is 1. The molecule has 23 heavy (non-hydrogen) atoms. The van der Waals surface area contributed by atoms with Gasteiger partial charge in [0.25, 0.3) is 5.91 Å². The number of carboxylic acid groups (broad SMARTS) is 1. The van der Waals surface area contributed by atoms with Crippen molar-refractivity contribution >= 4 is 22.8 Å². The molecule has 0 spiro atoms. The lowest BCUT2D eigenvalue weighted by molar-refractivity contribution is -0.138. The van der Waals surface area contributed by atoms with Gasteiger partial charge in [-0.15, -0.1) is 0 Å². The Hall–Kier alpha value is -2.50. The summed E-state index contributed by atoms with van der Waals surface area (Å²) in [5.41, 5.74) is 2.24. The molecule has 0 bridgehead atoms. The quantitative estimate of drug-likeness (QED) is 0.858. The van der Waals surface area contributed by atoms with Gasteiger partial charge in [0.1, 0.15) is 17.5 Å². The summed E-state index contributed by atoms with van der Waals surface area (Å²) in [6, 6.07) is 4.77. The molecule has 0 aliphatic carbocycles. The molecule has 0 fully saturated rings. The molecule has 0 aliphatic rings. The third-order valence-corrected chi connectivity index (χ3v) is 3.85. The monoisotopic (exact) mass is 318 g/mol. The van der Waals surface area contributed by atoms with Gasteiger partial charge in [0.05, 0.1) is 6.61 Å². The minimum absolute atomic E-state index is 0.381. The summed E-state index contributed by atoms with van der Waals surface area (Å²) < 4.78 is 7.41. The first-order chi connectivity index (χ1) is 10.9. The molecular formula is C17H22N2O4. The van der Waals surface area contributed by atoms with Crippen LogP contribution in [-0.4, -0.2) is 34.2 Å². The number of carbonyl (C=O) groups excluding carboxylic acids is 1. The second-order valence-corrected chi connectivity index (χ2v) is 5.36. The van der Waals surface area contributed by atoms with Crippen molar-refractivity contribution in [3.8, 4) is 5.75 Å². The van der Waals surface area contributed by atoms with Crippen LogP contribution in [0.3, 0.4) is 0 Å². The highest BCUT2D eigenvalue weighted by Gasteiger charge is 2.23. The number of carboxylic acids is 1. The molecule has 1 amide bonds. The summed E-state index contributed by atoms with van der Waals surface area (Å²) in [6.07, 6.45) is 0. The fourth-order valence-electron chi connectivity index (χ4n) is 2.71. The van der Waals surface area contributed by atoms with Crippen LogP contribution in [0.2, 0.25) is 0 Å². The molecule has 0 radical (unpaired) electrons. The van der Waals surface area contributed by atoms with E-state index in [2.05, 4.69) is 5.32 Å². The van der Waals surface area contributed by atoms with Gasteiger partial charge in [0, 0.05) is 17.4 Å². The zero-order valence-corrected chi connectivity index (χ0v) is 13.8. The zero-order valence-electron chi connectivity index (χ0n) is 13.8. The van der Waals surface area contributed by atoms with Gasteiger partial charge in [-0.1, -0.05) is 0 Å². The van der Waals surface area contributed by atoms with Crippen LogP contribution >= 0.6 is 0 Å². The van der Waals surface area contributed by atoms with Crippen molar-refractivity contribution in [3.63, 3.8) is 0 Å². The average molecular weight is 318 g/mol. The standard InChI is InChI=1S/C17H22N2O4/c1-5-19-14-8-7-12(23-6-2)9-13(14)10(3)15(19)16(20)18-11(4)17(21)22/h7-9,11H,5-6H2,1-4H3,(H,18,20)(H,21,22). The Morgan fingerprint density at radius 2 is 2.04 bits per heavy atom. The maximum atomic E-state index is 12.5. The number of carbonyl (C=O) groups is 2. The summed E-state index contributed by atoms with van der Waals surface area (Å²) in [5.74, 6) is -0.690. The van der Waals surface area contributed by atoms with Crippen molar-refractivity contribution in [2.75, 3.05) is 6.61 Å². The fraction of sp³-hybridized carbons (Fsp3) is 0.412. The number of hydrogen-bond acceptors (Lipinski definition) is 3. The molecule has 124 valence electrons. The fourth-order valence-corrected chi connectivity index (χ4v) is 2.71. The van der Waals surface area contributed by atoms with Crippen molar-refractivity contribution in [2.45, 2.75) is 40.3 Å². The van der Waals surface area contributed by atoms with Crippen molar-refractivity contribution in [1.29, 1.82) is 0 Å². The van der Waals surface area contributed by atoms with Crippen LogP contribution < -0.4 is 10.1 Å². The van der Waals surface area contributed by atoms with E-state index in [1.807, 2.05) is 43.5 Å². The molecule has 2 aromatic rings. The first kappa shape index (κ1) is 16.9. The van der Waals surface area contributed by atoms with Crippen LogP contribution in [0, 0.1) is 6.92 Å². The lowest BCUT2D eigenvalue weighted by Crippen LogP contribution is -2.39. The Bertz CT molecular complexity index is 749. The Morgan fingerprint density at radius 3 is 2.61 bits per heavy atom. The highest BCUT2D eigenvalue weighted by atomic mass is 16.5. The largest absolute Gasteiger partial charge is 0.494 e. The van der Waals surface area contributed by atoms with Gasteiger partial charge >= 0.3 is 5.97 Å². The number of nitrogens with one attached hydrogen (secondary N) is 1. The molecule has 6 nitrogen and oxygen atoms in total. The van der Waals surface area contributed by atoms with Gasteiger partial charge in [-0.2, -0.15) is 0 Å². The zero-order chi connectivity index (χ0) is 17.1. The Morgan fingerprint density at radius 1 is 1.35 bits per heavy atom. The lowest BCUT2D eigenvalue weighted by Gasteiger charge is -2.12. The highest BCUT2D eigenvalue weighted by molar-refractivity contribution is 6.03. The summed E-state index contributed by atoms with van der Waals surface area (Å²) in [6.45, 7) is 8.37. The van der Waals surface area contributed by atoms with Gasteiger partial charge < -0.3 is 19.7 Å². The van der Waals surface area contributed by atoms with Crippen LogP contribution in [-0.2, 0) is 11.3 Å². The van der Waals surface area contributed by atoms with Crippen LogP contribution in [0.4, 0.5) is 0 Å².